The van der Waals surface area contributed by atoms with Gasteiger partial charge in [0.15, 0.2) is 6.61 Å². The van der Waals surface area contributed by atoms with Crippen LogP contribution in [0.3, 0.4) is 0 Å². The summed E-state index contributed by atoms with van der Waals surface area (Å²) in [7, 11) is 1.27. The quantitative estimate of drug-likeness (QED) is 0.294. The predicted molar refractivity (Wildman–Crippen MR) is 130 cm³/mol. The number of carbonyl (C=O) groups excluding carboxylic acids is 2. The lowest BCUT2D eigenvalue weighted by Gasteiger charge is -2.16. The number of rotatable bonds is 8. The van der Waals surface area contributed by atoms with Crippen molar-refractivity contribution in [1.29, 1.82) is 0 Å². The lowest BCUT2D eigenvalue weighted by molar-refractivity contribution is -0.139. The fourth-order valence-corrected chi connectivity index (χ4v) is 4.61. The molecule has 2 aromatic carbocycles. The maximum Gasteiger partial charge on any atom is 0.332 e. The molecule has 1 heterocycles. The number of benzene rings is 2. The van der Waals surface area contributed by atoms with Crippen molar-refractivity contribution in [2.45, 2.75) is 25.3 Å². The van der Waals surface area contributed by atoms with Gasteiger partial charge in [0.2, 0.25) is 5.78 Å². The third kappa shape index (κ3) is 5.31. The number of halogens is 1. The highest BCUT2D eigenvalue weighted by molar-refractivity contribution is 8.00. The molecule has 0 radical (unpaired) electrons. The van der Waals surface area contributed by atoms with Crippen molar-refractivity contribution >= 4 is 51.7 Å². The van der Waals surface area contributed by atoms with Gasteiger partial charge in [-0.15, -0.1) is 11.8 Å². The molecule has 0 saturated heterocycles. The van der Waals surface area contributed by atoms with E-state index in [0.717, 1.165) is 20.2 Å². The Bertz CT molecular complexity index is 1340. The van der Waals surface area contributed by atoms with Crippen molar-refractivity contribution in [3.05, 3.63) is 67.8 Å². The average molecular weight is 490 g/mol. The minimum atomic E-state index is -0.821. The highest BCUT2D eigenvalue weighted by Crippen LogP contribution is 2.33. The van der Waals surface area contributed by atoms with Crippen molar-refractivity contribution in [2.75, 3.05) is 18.1 Å². The molecule has 10 heteroatoms. The molecule has 0 atom stereocenters. The molecule has 33 heavy (non-hydrogen) atoms. The number of carbonyl (C=O) groups is 2. The maximum absolute atomic E-state index is 12.7. The normalized spacial score (nSPS) is 11.2. The van der Waals surface area contributed by atoms with Crippen molar-refractivity contribution in [1.82, 2.24) is 9.13 Å². The molecule has 0 bridgehead atoms. The van der Waals surface area contributed by atoms with Crippen LogP contribution in [0, 0.1) is 5.92 Å². The van der Waals surface area contributed by atoms with Gasteiger partial charge in [-0.05, 0) is 23.4 Å². The number of fused-ring (bicyclic) bond motifs is 1. The Kier molecular flexibility index (Phi) is 7.65. The Balaban J connectivity index is 1.72. The number of hydrogen-bond acceptors (Lipinski definition) is 7. The molecule has 1 aromatic heterocycles. The molecule has 3 aromatic rings. The Morgan fingerprint density at radius 1 is 1.15 bits per heavy atom. The highest BCUT2D eigenvalue weighted by Gasteiger charge is 2.23. The van der Waals surface area contributed by atoms with Crippen molar-refractivity contribution in [3.8, 4) is 0 Å². The van der Waals surface area contributed by atoms with Crippen molar-refractivity contribution in [3.63, 3.8) is 0 Å². The fourth-order valence-electron chi connectivity index (χ4n) is 3.37. The van der Waals surface area contributed by atoms with E-state index in [-0.39, 0.29) is 29.6 Å². The molecule has 0 amide bonds. The van der Waals surface area contributed by atoms with E-state index in [4.69, 9.17) is 22.1 Å². The lowest BCUT2D eigenvalue weighted by atomic mass is 10.1. The van der Waals surface area contributed by atoms with Crippen molar-refractivity contribution < 1.29 is 14.3 Å². The minimum absolute atomic E-state index is 0.0576. The molecule has 0 saturated carbocycles. The predicted octanol–water partition coefficient (Wildman–Crippen LogP) is 3.11. The van der Waals surface area contributed by atoms with Gasteiger partial charge in [-0.25, -0.2) is 4.79 Å². The van der Waals surface area contributed by atoms with Gasteiger partial charge in [-0.3, -0.25) is 23.5 Å². The number of hydrogen-bond donors (Lipinski definition) is 1. The van der Waals surface area contributed by atoms with Crippen LogP contribution in [0.25, 0.3) is 10.8 Å². The number of ether oxygens (including phenoxy) is 1. The van der Waals surface area contributed by atoms with Crippen LogP contribution in [0.1, 0.15) is 24.2 Å². The van der Waals surface area contributed by atoms with Gasteiger partial charge >= 0.3 is 11.7 Å². The van der Waals surface area contributed by atoms with Gasteiger partial charge in [0.05, 0.1) is 5.75 Å². The number of ketones is 1. The molecule has 0 fully saturated rings. The third-order valence-electron chi connectivity index (χ3n) is 4.94. The zero-order valence-electron chi connectivity index (χ0n) is 18.5. The van der Waals surface area contributed by atoms with Crippen molar-refractivity contribution in [2.24, 2.45) is 13.0 Å². The maximum atomic E-state index is 12.7. The zero-order chi connectivity index (χ0) is 24.3. The monoisotopic (exact) mass is 489 g/mol. The van der Waals surface area contributed by atoms with Crippen LogP contribution in [-0.4, -0.2) is 33.2 Å². The molecular weight excluding hydrogens is 466 g/mol. The summed E-state index contributed by atoms with van der Waals surface area (Å²) >= 11 is 7.54. The van der Waals surface area contributed by atoms with Crippen LogP contribution in [0.15, 0.2) is 50.9 Å². The summed E-state index contributed by atoms with van der Waals surface area (Å²) in [4.78, 5) is 50.6. The summed E-state index contributed by atoms with van der Waals surface area (Å²) in [6.45, 7) is 3.33. The second-order valence-corrected chi connectivity index (χ2v) is 9.30. The molecule has 3 rings (SSSR count). The second kappa shape index (κ2) is 10.3. The average Bonchev–Trinajstić information content (AvgIpc) is 2.77. The minimum Gasteiger partial charge on any atom is -0.457 e. The molecule has 0 unspecified atom stereocenters. The second-order valence-electron chi connectivity index (χ2n) is 7.88. The molecule has 0 spiro atoms. The van der Waals surface area contributed by atoms with Crippen LogP contribution in [0.4, 0.5) is 5.82 Å². The van der Waals surface area contributed by atoms with E-state index in [9.17, 15) is 19.2 Å². The van der Waals surface area contributed by atoms with E-state index in [1.54, 1.807) is 6.07 Å². The number of anilines is 1. The lowest BCUT2D eigenvalue weighted by Crippen LogP contribution is -2.43. The van der Waals surface area contributed by atoms with Gasteiger partial charge in [0.25, 0.3) is 5.56 Å². The first-order valence-electron chi connectivity index (χ1n) is 10.2. The fraction of sp³-hybridized carbons (Fsp3) is 0.304. The summed E-state index contributed by atoms with van der Waals surface area (Å²) in [5, 5.41) is 2.35. The Hall–Kier alpha value is -3.04. The van der Waals surface area contributed by atoms with Crippen LogP contribution in [-0.2, 0) is 23.1 Å². The number of nitrogen functional groups attached to an aromatic ring is 1. The standard InChI is InChI=1S/C23H24ClN3O5S/c1-13(2)10-27-21(25)20(22(30)26(3)23(27)31)16(28)11-32-18(29)12-33-17-9-5-7-14-6-4-8-15(24)19(14)17/h4-9,13H,10-12,25H2,1-3H3. The number of Topliss-reactive ketones (excluding diaryl/α,β-unsaturated/α-hetero) is 1. The third-order valence-corrected chi connectivity index (χ3v) is 6.28. The van der Waals surface area contributed by atoms with Gasteiger partial charge in [0.1, 0.15) is 11.4 Å². The Morgan fingerprint density at radius 3 is 2.48 bits per heavy atom. The largest absolute Gasteiger partial charge is 0.457 e. The molecular formula is C23H24ClN3O5S. The molecule has 0 aliphatic rings. The summed E-state index contributed by atoms with van der Waals surface area (Å²) in [6.07, 6.45) is 0. The van der Waals surface area contributed by atoms with Gasteiger partial charge in [-0.1, -0.05) is 49.7 Å². The summed E-state index contributed by atoms with van der Waals surface area (Å²) in [5.74, 6) is -1.63. The Morgan fingerprint density at radius 2 is 1.82 bits per heavy atom. The smallest absolute Gasteiger partial charge is 0.332 e. The van der Waals surface area contributed by atoms with Crippen LogP contribution in [0.2, 0.25) is 5.02 Å². The van der Waals surface area contributed by atoms with E-state index in [2.05, 4.69) is 0 Å². The van der Waals surface area contributed by atoms with E-state index >= 15 is 0 Å². The summed E-state index contributed by atoms with van der Waals surface area (Å²) < 4.78 is 7.10. The van der Waals surface area contributed by atoms with E-state index < -0.39 is 29.6 Å². The molecule has 0 aliphatic heterocycles. The van der Waals surface area contributed by atoms with Crippen LogP contribution >= 0.6 is 23.4 Å². The molecule has 0 aliphatic carbocycles. The Labute approximate surface area is 199 Å². The number of aromatic nitrogens is 2. The van der Waals surface area contributed by atoms with Gasteiger partial charge < -0.3 is 10.5 Å². The first-order valence-corrected chi connectivity index (χ1v) is 11.6. The molecule has 2 N–H and O–H groups in total. The number of nitrogens with zero attached hydrogens (tertiary/aromatic N) is 2. The number of nitrogens with two attached hydrogens (primary N) is 1. The van der Waals surface area contributed by atoms with Gasteiger partial charge in [0, 0.05) is 28.9 Å². The van der Waals surface area contributed by atoms with E-state index in [0.29, 0.717) is 5.02 Å². The number of thioether (sulfide) groups is 1. The zero-order valence-corrected chi connectivity index (χ0v) is 20.0. The first kappa shape index (κ1) is 24.6. The number of esters is 1. The molecule has 8 nitrogen and oxygen atoms in total. The molecule has 174 valence electrons. The SMILES string of the molecule is CC(C)Cn1c(N)c(C(=O)COC(=O)CSc2cccc3cccc(Cl)c23)c(=O)n(C)c1=O. The first-order chi connectivity index (χ1) is 15.6. The van der Waals surface area contributed by atoms with E-state index in [1.165, 1.54) is 23.4 Å². The summed E-state index contributed by atoms with van der Waals surface area (Å²) in [6, 6.07) is 11.2. The topological polar surface area (TPSA) is 113 Å². The van der Waals surface area contributed by atoms with Crippen LogP contribution in [0.5, 0.6) is 0 Å². The summed E-state index contributed by atoms with van der Waals surface area (Å²) in [5.41, 5.74) is 4.19. The highest BCUT2D eigenvalue weighted by atomic mass is 35.5. The van der Waals surface area contributed by atoms with Crippen LogP contribution < -0.4 is 17.0 Å². The van der Waals surface area contributed by atoms with Gasteiger partial charge in [-0.2, -0.15) is 0 Å². The van der Waals surface area contributed by atoms with E-state index in [1.807, 2.05) is 44.2 Å².